The molecule has 5 rings (SSSR count). The first-order chi connectivity index (χ1) is 21.2. The molecule has 3 aliphatic rings. The number of carbonyl (C=O) groups is 3. The summed E-state index contributed by atoms with van der Waals surface area (Å²) in [6.07, 6.45) is 2.01. The van der Waals surface area contributed by atoms with E-state index in [9.17, 15) is 19.5 Å². The van der Waals surface area contributed by atoms with Gasteiger partial charge >= 0.3 is 0 Å². The summed E-state index contributed by atoms with van der Waals surface area (Å²) in [5.41, 5.74) is 0.208. The van der Waals surface area contributed by atoms with Gasteiger partial charge in [0.05, 0.1) is 36.7 Å². The average molecular weight is 607 g/mol. The van der Waals surface area contributed by atoms with Crippen molar-refractivity contribution in [2.24, 2.45) is 11.8 Å². The number of aliphatic hydroxyl groups is 1. The monoisotopic (exact) mass is 606 g/mol. The van der Waals surface area contributed by atoms with E-state index >= 15 is 0 Å². The predicted octanol–water partition coefficient (Wildman–Crippen LogP) is 4.43. The molecule has 2 aromatic rings. The number of likely N-dealkylation sites (tertiary alicyclic amines) is 1. The van der Waals surface area contributed by atoms with E-state index in [4.69, 9.17) is 9.47 Å². The van der Waals surface area contributed by atoms with E-state index < -0.39 is 35.1 Å². The standard InChI is InChI=1S/C34H46N4O6/c1-6-24(21-39)38-29(31(41)36-22-11-15-25(16-12-22)37(8-3)9-4)34-20-19-33(7-2,44-34)27(28(34)32(38)42)30(40)35-23-13-17-26(18-14-23)43-10-5/h11-18,24,27-29,39H,6-10,19-21H2,1-5H3,(H,35,40)(H,36,41)/t24-,27+,28-,29?,33-,34?/m0/s1. The second-order valence-corrected chi connectivity index (χ2v) is 12.0. The Bertz CT molecular complexity index is 1340. The van der Waals surface area contributed by atoms with Crippen LogP contribution < -0.4 is 20.3 Å². The highest BCUT2D eigenvalue weighted by atomic mass is 16.5. The number of nitrogens with one attached hydrogen (secondary N) is 2. The Balaban J connectivity index is 1.47. The molecule has 3 N–H and O–H groups in total. The minimum absolute atomic E-state index is 0.296. The van der Waals surface area contributed by atoms with Crippen LogP contribution in [0.15, 0.2) is 48.5 Å². The maximum Gasteiger partial charge on any atom is 0.250 e. The lowest BCUT2D eigenvalue weighted by Crippen LogP contribution is -2.56. The zero-order valence-corrected chi connectivity index (χ0v) is 26.5. The number of rotatable bonds is 13. The summed E-state index contributed by atoms with van der Waals surface area (Å²) in [5, 5.41) is 16.4. The molecule has 2 unspecified atom stereocenters. The molecule has 1 spiro atoms. The summed E-state index contributed by atoms with van der Waals surface area (Å²) < 4.78 is 12.4. The minimum Gasteiger partial charge on any atom is -0.494 e. The molecular formula is C34H46N4O6. The van der Waals surface area contributed by atoms with Crippen molar-refractivity contribution in [3.63, 3.8) is 0 Å². The lowest BCUT2D eigenvalue weighted by molar-refractivity contribution is -0.148. The number of benzene rings is 2. The van der Waals surface area contributed by atoms with Gasteiger partial charge in [-0.05, 0) is 95.0 Å². The molecule has 3 fully saturated rings. The number of aliphatic hydroxyl groups excluding tert-OH is 1. The van der Waals surface area contributed by atoms with Crippen molar-refractivity contribution < 1.29 is 29.0 Å². The quantitative estimate of drug-likeness (QED) is 0.309. The highest BCUT2D eigenvalue weighted by Crippen LogP contribution is 2.64. The third-order valence-electron chi connectivity index (χ3n) is 9.92. The molecule has 3 aliphatic heterocycles. The van der Waals surface area contributed by atoms with Gasteiger partial charge in [-0.3, -0.25) is 14.4 Å². The molecule has 6 atom stereocenters. The first-order valence-electron chi connectivity index (χ1n) is 16.0. The predicted molar refractivity (Wildman–Crippen MR) is 170 cm³/mol. The summed E-state index contributed by atoms with van der Waals surface area (Å²) in [6, 6.07) is 13.2. The van der Waals surface area contributed by atoms with Crippen molar-refractivity contribution in [3.05, 3.63) is 48.5 Å². The largest absolute Gasteiger partial charge is 0.494 e. The lowest BCUT2D eigenvalue weighted by Gasteiger charge is -2.37. The van der Waals surface area contributed by atoms with Gasteiger partial charge in [0.25, 0.3) is 0 Å². The summed E-state index contributed by atoms with van der Waals surface area (Å²) >= 11 is 0. The number of hydrogen-bond donors (Lipinski definition) is 3. The third-order valence-corrected chi connectivity index (χ3v) is 9.92. The van der Waals surface area contributed by atoms with Crippen LogP contribution in [0.2, 0.25) is 0 Å². The second-order valence-electron chi connectivity index (χ2n) is 12.0. The number of anilines is 3. The van der Waals surface area contributed by atoms with E-state index in [2.05, 4.69) is 29.4 Å². The van der Waals surface area contributed by atoms with Crippen LogP contribution in [0.1, 0.15) is 60.3 Å². The Morgan fingerprint density at radius 2 is 1.59 bits per heavy atom. The van der Waals surface area contributed by atoms with E-state index in [1.54, 1.807) is 24.3 Å². The van der Waals surface area contributed by atoms with Crippen LogP contribution in [0.4, 0.5) is 17.1 Å². The van der Waals surface area contributed by atoms with Gasteiger partial charge in [-0.1, -0.05) is 13.8 Å². The molecule has 0 aromatic heterocycles. The van der Waals surface area contributed by atoms with Crippen LogP contribution in [0.3, 0.4) is 0 Å². The Hall–Kier alpha value is -3.63. The maximum absolute atomic E-state index is 14.4. The van der Waals surface area contributed by atoms with Gasteiger partial charge in [0.15, 0.2) is 0 Å². The zero-order chi connectivity index (χ0) is 31.6. The molecule has 10 heteroatoms. The van der Waals surface area contributed by atoms with Crippen LogP contribution >= 0.6 is 0 Å². The van der Waals surface area contributed by atoms with Gasteiger partial charge < -0.3 is 35.0 Å². The summed E-state index contributed by atoms with van der Waals surface area (Å²) in [4.78, 5) is 46.4. The fraction of sp³-hybridized carbons (Fsp3) is 0.559. The van der Waals surface area contributed by atoms with Crippen molar-refractivity contribution in [1.29, 1.82) is 0 Å². The number of fused-ring (bicyclic) bond motifs is 1. The van der Waals surface area contributed by atoms with E-state index in [-0.39, 0.29) is 24.3 Å². The highest BCUT2D eigenvalue weighted by molar-refractivity contribution is 6.05. The first-order valence-corrected chi connectivity index (χ1v) is 16.0. The number of hydrogen-bond acceptors (Lipinski definition) is 7. The maximum atomic E-state index is 14.4. The number of ether oxygens (including phenoxy) is 2. The number of carbonyl (C=O) groups excluding carboxylic acids is 3. The van der Waals surface area contributed by atoms with Gasteiger partial charge in [-0.25, -0.2) is 0 Å². The van der Waals surface area contributed by atoms with E-state index in [1.807, 2.05) is 45.0 Å². The van der Waals surface area contributed by atoms with Crippen LogP contribution in [0.25, 0.3) is 0 Å². The molecule has 10 nitrogen and oxygen atoms in total. The summed E-state index contributed by atoms with van der Waals surface area (Å²) in [7, 11) is 0. The Labute approximate surface area is 260 Å². The normalized spacial score (nSPS) is 27.6. The van der Waals surface area contributed by atoms with E-state index in [0.717, 1.165) is 18.8 Å². The van der Waals surface area contributed by atoms with Crippen LogP contribution in [0, 0.1) is 11.8 Å². The SMILES string of the molecule is CCOc1ccc(NC(=O)[C@H]2[C@H]3C(=O)N([C@@H](CC)CO)C(C(=O)Nc4ccc(N(CC)CC)cc4)C34CC[C@]2(CC)O4)cc1. The van der Waals surface area contributed by atoms with Gasteiger partial charge in [-0.15, -0.1) is 0 Å². The Morgan fingerprint density at radius 1 is 0.977 bits per heavy atom. The van der Waals surface area contributed by atoms with Crippen molar-refractivity contribution in [2.45, 2.75) is 83.6 Å². The topological polar surface area (TPSA) is 120 Å². The van der Waals surface area contributed by atoms with Gasteiger partial charge in [0.2, 0.25) is 17.7 Å². The number of nitrogens with zero attached hydrogens (tertiary/aromatic N) is 2. The molecule has 3 amide bonds. The lowest BCUT2D eigenvalue weighted by atomic mass is 9.65. The van der Waals surface area contributed by atoms with Crippen LogP contribution in [0.5, 0.6) is 5.75 Å². The summed E-state index contributed by atoms with van der Waals surface area (Å²) in [5.74, 6) is -1.93. The molecule has 2 aromatic carbocycles. The molecule has 2 bridgehead atoms. The van der Waals surface area contributed by atoms with Gasteiger partial charge in [0, 0.05) is 30.2 Å². The molecule has 0 radical (unpaired) electrons. The van der Waals surface area contributed by atoms with Gasteiger partial charge in [-0.2, -0.15) is 0 Å². The van der Waals surface area contributed by atoms with Crippen molar-refractivity contribution in [2.75, 3.05) is 41.8 Å². The molecule has 3 heterocycles. The molecule has 3 saturated heterocycles. The highest BCUT2D eigenvalue weighted by Gasteiger charge is 2.79. The Morgan fingerprint density at radius 3 is 2.14 bits per heavy atom. The molecule has 0 aliphatic carbocycles. The van der Waals surface area contributed by atoms with Crippen LogP contribution in [-0.2, 0) is 19.1 Å². The second kappa shape index (κ2) is 12.8. The number of amides is 3. The molecule has 44 heavy (non-hydrogen) atoms. The minimum atomic E-state index is -1.18. The Kier molecular flexibility index (Phi) is 9.23. The van der Waals surface area contributed by atoms with Crippen molar-refractivity contribution in [1.82, 2.24) is 4.90 Å². The fourth-order valence-corrected chi connectivity index (χ4v) is 7.74. The molecule has 0 saturated carbocycles. The first kappa shape index (κ1) is 31.8. The van der Waals surface area contributed by atoms with E-state index in [0.29, 0.717) is 49.4 Å². The zero-order valence-electron chi connectivity index (χ0n) is 26.5. The fourth-order valence-electron chi connectivity index (χ4n) is 7.74. The average Bonchev–Trinajstić information content (AvgIpc) is 3.64. The smallest absolute Gasteiger partial charge is 0.250 e. The van der Waals surface area contributed by atoms with Gasteiger partial charge in [0.1, 0.15) is 17.4 Å². The molecule has 238 valence electrons. The van der Waals surface area contributed by atoms with Crippen LogP contribution in [-0.4, -0.2) is 77.3 Å². The third kappa shape index (κ3) is 5.21. The van der Waals surface area contributed by atoms with E-state index in [1.165, 1.54) is 4.90 Å². The van der Waals surface area contributed by atoms with Crippen molar-refractivity contribution in [3.8, 4) is 5.75 Å². The molecular weight excluding hydrogens is 560 g/mol. The summed E-state index contributed by atoms with van der Waals surface area (Å²) in [6.45, 7) is 11.9. The van der Waals surface area contributed by atoms with Crippen molar-refractivity contribution >= 4 is 34.8 Å².